The first-order chi connectivity index (χ1) is 10.2. The van der Waals surface area contributed by atoms with Crippen molar-refractivity contribution in [3.05, 3.63) is 11.7 Å². The molecule has 1 aromatic heterocycles. The highest BCUT2D eigenvalue weighted by atomic mass is 16.5. The summed E-state index contributed by atoms with van der Waals surface area (Å²) >= 11 is 0. The molecule has 116 valence electrons. The zero-order valence-corrected chi connectivity index (χ0v) is 12.6. The Morgan fingerprint density at radius 3 is 2.71 bits per heavy atom. The van der Waals surface area contributed by atoms with Crippen molar-refractivity contribution in [2.75, 3.05) is 19.6 Å². The van der Waals surface area contributed by atoms with E-state index in [0.29, 0.717) is 30.1 Å². The summed E-state index contributed by atoms with van der Waals surface area (Å²) in [6, 6.07) is 0. The summed E-state index contributed by atoms with van der Waals surface area (Å²) in [5.41, 5.74) is 5.79. The summed E-state index contributed by atoms with van der Waals surface area (Å²) < 4.78 is 5.25. The van der Waals surface area contributed by atoms with Crippen molar-refractivity contribution in [3.8, 4) is 0 Å². The van der Waals surface area contributed by atoms with E-state index in [-0.39, 0.29) is 5.92 Å². The van der Waals surface area contributed by atoms with Crippen molar-refractivity contribution >= 4 is 5.91 Å². The van der Waals surface area contributed by atoms with Crippen molar-refractivity contribution in [1.82, 2.24) is 15.0 Å². The minimum atomic E-state index is 0.150. The molecular formula is C15H24N4O2. The average molecular weight is 292 g/mol. The number of aryl methyl sites for hydroxylation is 1. The van der Waals surface area contributed by atoms with Gasteiger partial charge in [0.25, 0.3) is 0 Å². The molecule has 1 saturated heterocycles. The number of nitrogens with two attached hydrogens (primary N) is 1. The molecule has 0 spiro atoms. The number of likely N-dealkylation sites (tertiary alicyclic amines) is 1. The van der Waals surface area contributed by atoms with E-state index in [9.17, 15) is 4.79 Å². The molecule has 21 heavy (non-hydrogen) atoms. The van der Waals surface area contributed by atoms with Crippen molar-refractivity contribution in [3.63, 3.8) is 0 Å². The molecule has 0 unspecified atom stereocenters. The zero-order valence-electron chi connectivity index (χ0n) is 12.6. The van der Waals surface area contributed by atoms with Gasteiger partial charge in [0, 0.05) is 24.9 Å². The summed E-state index contributed by atoms with van der Waals surface area (Å²) in [5, 5.41) is 3.85. The third kappa shape index (κ3) is 2.95. The predicted molar refractivity (Wildman–Crippen MR) is 77.5 cm³/mol. The Bertz CT molecular complexity index is 494. The van der Waals surface area contributed by atoms with Gasteiger partial charge in [-0.1, -0.05) is 11.6 Å². The average Bonchev–Trinajstić information content (AvgIpc) is 3.15. The minimum Gasteiger partial charge on any atom is -0.342 e. The van der Waals surface area contributed by atoms with E-state index in [0.717, 1.165) is 51.1 Å². The van der Waals surface area contributed by atoms with Crippen molar-refractivity contribution in [2.24, 2.45) is 17.6 Å². The van der Waals surface area contributed by atoms with Crippen LogP contribution in [0, 0.1) is 18.8 Å². The van der Waals surface area contributed by atoms with Crippen LogP contribution >= 0.6 is 0 Å². The fourth-order valence-corrected chi connectivity index (χ4v) is 3.70. The van der Waals surface area contributed by atoms with Gasteiger partial charge in [-0.25, -0.2) is 0 Å². The third-order valence-electron chi connectivity index (χ3n) is 4.98. The largest absolute Gasteiger partial charge is 0.342 e. The molecular weight excluding hydrogens is 268 g/mol. The number of aromatic nitrogens is 2. The van der Waals surface area contributed by atoms with Gasteiger partial charge in [0.1, 0.15) is 0 Å². The SMILES string of the molecule is Cc1noc(C2CCN(C(=O)[C@@H]3CCC[C@@H]3CN)CC2)n1. The number of hydrogen-bond donors (Lipinski definition) is 1. The second-order valence-electron chi connectivity index (χ2n) is 6.31. The van der Waals surface area contributed by atoms with E-state index in [4.69, 9.17) is 10.3 Å². The molecule has 1 amide bonds. The number of hydrogen-bond acceptors (Lipinski definition) is 5. The number of nitrogens with zero attached hydrogens (tertiary/aromatic N) is 3. The zero-order chi connectivity index (χ0) is 14.8. The summed E-state index contributed by atoms with van der Waals surface area (Å²) in [7, 11) is 0. The Morgan fingerprint density at radius 2 is 2.10 bits per heavy atom. The molecule has 0 bridgehead atoms. The van der Waals surface area contributed by atoms with E-state index in [1.165, 1.54) is 0 Å². The first-order valence-electron chi connectivity index (χ1n) is 7.98. The summed E-state index contributed by atoms with van der Waals surface area (Å²) in [5.74, 6) is 2.54. The molecule has 1 aromatic rings. The van der Waals surface area contributed by atoms with E-state index in [1.54, 1.807) is 0 Å². The van der Waals surface area contributed by atoms with Crippen molar-refractivity contribution < 1.29 is 9.32 Å². The Balaban J connectivity index is 1.57. The van der Waals surface area contributed by atoms with Crippen LogP contribution in [-0.4, -0.2) is 40.6 Å². The van der Waals surface area contributed by atoms with E-state index in [1.807, 2.05) is 11.8 Å². The highest BCUT2D eigenvalue weighted by molar-refractivity contribution is 5.79. The standard InChI is InChI=1S/C15H24N4O2/c1-10-17-14(21-18-10)11-5-7-19(8-6-11)15(20)13-4-2-3-12(13)9-16/h11-13H,2-9,16H2,1H3/t12-,13-/m1/s1. The second-order valence-corrected chi connectivity index (χ2v) is 6.31. The lowest BCUT2D eigenvalue weighted by atomic mass is 9.91. The lowest BCUT2D eigenvalue weighted by Crippen LogP contribution is -2.43. The van der Waals surface area contributed by atoms with E-state index in [2.05, 4.69) is 10.1 Å². The molecule has 2 aliphatic rings. The maximum absolute atomic E-state index is 12.6. The summed E-state index contributed by atoms with van der Waals surface area (Å²) in [4.78, 5) is 19.0. The molecule has 2 N–H and O–H groups in total. The fourth-order valence-electron chi connectivity index (χ4n) is 3.70. The van der Waals surface area contributed by atoms with Gasteiger partial charge in [0.2, 0.25) is 11.8 Å². The number of carbonyl (C=O) groups is 1. The van der Waals surface area contributed by atoms with Gasteiger partial charge in [0.05, 0.1) is 0 Å². The van der Waals surface area contributed by atoms with Crippen molar-refractivity contribution in [1.29, 1.82) is 0 Å². The van der Waals surface area contributed by atoms with Gasteiger partial charge in [-0.05, 0) is 45.1 Å². The Hall–Kier alpha value is -1.43. The van der Waals surface area contributed by atoms with Crippen LogP contribution in [0.3, 0.4) is 0 Å². The molecule has 1 aliphatic carbocycles. The molecule has 2 atom stereocenters. The predicted octanol–water partition coefficient (Wildman–Crippen LogP) is 1.46. The maximum atomic E-state index is 12.6. The van der Waals surface area contributed by atoms with E-state index < -0.39 is 0 Å². The molecule has 0 aromatic carbocycles. The number of amides is 1. The summed E-state index contributed by atoms with van der Waals surface area (Å²) in [6.07, 6.45) is 5.06. The van der Waals surface area contributed by atoms with Crippen LogP contribution in [0.15, 0.2) is 4.52 Å². The van der Waals surface area contributed by atoms with Crippen LogP contribution in [0.1, 0.15) is 49.7 Å². The minimum absolute atomic E-state index is 0.150. The smallest absolute Gasteiger partial charge is 0.229 e. The lowest BCUT2D eigenvalue weighted by Gasteiger charge is -2.33. The van der Waals surface area contributed by atoms with Crippen molar-refractivity contribution in [2.45, 2.75) is 44.9 Å². The monoisotopic (exact) mass is 292 g/mol. The molecule has 6 heteroatoms. The quantitative estimate of drug-likeness (QED) is 0.911. The second kappa shape index (κ2) is 6.13. The van der Waals surface area contributed by atoms with Crippen LogP contribution in [0.25, 0.3) is 0 Å². The van der Waals surface area contributed by atoms with Gasteiger partial charge in [0.15, 0.2) is 5.82 Å². The van der Waals surface area contributed by atoms with Gasteiger partial charge < -0.3 is 15.2 Å². The highest BCUT2D eigenvalue weighted by Gasteiger charge is 2.36. The molecule has 2 fully saturated rings. The number of carbonyl (C=O) groups excluding carboxylic acids is 1. The maximum Gasteiger partial charge on any atom is 0.229 e. The van der Waals surface area contributed by atoms with Crippen LogP contribution in [0.2, 0.25) is 0 Å². The Morgan fingerprint density at radius 1 is 1.33 bits per heavy atom. The highest BCUT2D eigenvalue weighted by Crippen LogP contribution is 2.34. The molecule has 3 rings (SSSR count). The van der Waals surface area contributed by atoms with Gasteiger partial charge >= 0.3 is 0 Å². The van der Waals surface area contributed by atoms with Gasteiger partial charge in [-0.15, -0.1) is 0 Å². The number of rotatable bonds is 3. The summed E-state index contributed by atoms with van der Waals surface area (Å²) in [6.45, 7) is 4.05. The van der Waals surface area contributed by atoms with Crippen LogP contribution in [0.4, 0.5) is 0 Å². The first-order valence-corrected chi connectivity index (χ1v) is 7.98. The Labute approximate surface area is 125 Å². The molecule has 6 nitrogen and oxygen atoms in total. The van der Waals surface area contributed by atoms with Crippen LogP contribution in [0.5, 0.6) is 0 Å². The molecule has 1 saturated carbocycles. The van der Waals surface area contributed by atoms with Crippen LogP contribution in [-0.2, 0) is 4.79 Å². The van der Waals surface area contributed by atoms with Crippen LogP contribution < -0.4 is 5.73 Å². The normalized spacial score (nSPS) is 27.2. The Kier molecular flexibility index (Phi) is 4.24. The fraction of sp³-hybridized carbons (Fsp3) is 0.800. The topological polar surface area (TPSA) is 85.2 Å². The molecule has 1 aliphatic heterocycles. The first kappa shape index (κ1) is 14.5. The lowest BCUT2D eigenvalue weighted by molar-refractivity contribution is -0.137. The third-order valence-corrected chi connectivity index (χ3v) is 4.98. The van der Waals surface area contributed by atoms with E-state index >= 15 is 0 Å². The van der Waals surface area contributed by atoms with Gasteiger partial charge in [-0.3, -0.25) is 4.79 Å². The van der Waals surface area contributed by atoms with Gasteiger partial charge in [-0.2, -0.15) is 4.98 Å². The molecule has 2 heterocycles. The number of piperidine rings is 1. The molecule has 0 radical (unpaired) electrons.